The average Bonchev–Trinajstić information content (AvgIpc) is 2.60. The summed E-state index contributed by atoms with van der Waals surface area (Å²) < 4.78 is 0. The van der Waals surface area contributed by atoms with Gasteiger partial charge < -0.3 is 9.80 Å². The van der Waals surface area contributed by atoms with Gasteiger partial charge in [-0.3, -0.25) is 14.9 Å². The van der Waals surface area contributed by atoms with Gasteiger partial charge in [0.05, 0.1) is 4.92 Å². The van der Waals surface area contributed by atoms with Gasteiger partial charge in [-0.25, -0.2) is 0 Å². The molecule has 0 atom stereocenters. The predicted molar refractivity (Wildman–Crippen MR) is 97.7 cm³/mol. The number of halogens is 2. The monoisotopic (exact) mass is 379 g/mol. The minimum Gasteiger partial charge on any atom is -0.368 e. The minimum absolute atomic E-state index is 0.0652. The lowest BCUT2D eigenvalue weighted by atomic mass is 10.1. The van der Waals surface area contributed by atoms with Crippen molar-refractivity contribution in [3.8, 4) is 0 Å². The van der Waals surface area contributed by atoms with Gasteiger partial charge >= 0.3 is 0 Å². The second kappa shape index (κ2) is 7.29. The second-order valence-electron chi connectivity index (χ2n) is 5.71. The Kier molecular flexibility index (Phi) is 5.11. The van der Waals surface area contributed by atoms with Gasteiger partial charge in [-0.1, -0.05) is 23.2 Å². The number of carbonyl (C=O) groups excluding carboxylic acids is 1. The number of hydrogen-bond acceptors (Lipinski definition) is 4. The normalized spacial score (nSPS) is 14.5. The summed E-state index contributed by atoms with van der Waals surface area (Å²) in [6.07, 6.45) is 0. The summed E-state index contributed by atoms with van der Waals surface area (Å²) in [6.45, 7) is 2.41. The van der Waals surface area contributed by atoms with Crippen molar-refractivity contribution in [1.82, 2.24) is 4.90 Å². The SMILES string of the molecule is O=C(c1cc(Cl)cc(Cl)c1)N1CCN(c2ccc([N+](=O)[O-])cc2)CC1. The Balaban J connectivity index is 1.65. The third-order valence-electron chi connectivity index (χ3n) is 4.10. The molecule has 2 aromatic carbocycles. The molecule has 1 heterocycles. The number of benzene rings is 2. The maximum Gasteiger partial charge on any atom is 0.269 e. The summed E-state index contributed by atoms with van der Waals surface area (Å²) in [5.41, 5.74) is 1.44. The van der Waals surface area contributed by atoms with Crippen molar-refractivity contribution in [3.63, 3.8) is 0 Å². The van der Waals surface area contributed by atoms with Crippen molar-refractivity contribution in [2.45, 2.75) is 0 Å². The lowest BCUT2D eigenvalue weighted by molar-refractivity contribution is -0.384. The predicted octanol–water partition coefficient (Wildman–Crippen LogP) is 3.86. The molecule has 1 fully saturated rings. The van der Waals surface area contributed by atoms with Crippen molar-refractivity contribution in [2.24, 2.45) is 0 Å². The van der Waals surface area contributed by atoms with Crippen LogP contribution in [0.25, 0.3) is 0 Å². The highest BCUT2D eigenvalue weighted by atomic mass is 35.5. The van der Waals surface area contributed by atoms with Crippen LogP contribution >= 0.6 is 23.2 Å². The van der Waals surface area contributed by atoms with Gasteiger partial charge in [0.25, 0.3) is 11.6 Å². The largest absolute Gasteiger partial charge is 0.368 e. The summed E-state index contributed by atoms with van der Waals surface area (Å²) in [7, 11) is 0. The molecular weight excluding hydrogens is 365 g/mol. The van der Waals surface area contributed by atoms with E-state index in [0.29, 0.717) is 41.8 Å². The van der Waals surface area contributed by atoms with Crippen LogP contribution in [0.5, 0.6) is 0 Å². The highest BCUT2D eigenvalue weighted by molar-refractivity contribution is 6.35. The van der Waals surface area contributed by atoms with Crippen LogP contribution in [-0.4, -0.2) is 41.9 Å². The number of anilines is 1. The van der Waals surface area contributed by atoms with Gasteiger partial charge in [-0.15, -0.1) is 0 Å². The molecule has 3 rings (SSSR count). The van der Waals surface area contributed by atoms with E-state index in [1.165, 1.54) is 12.1 Å². The molecule has 0 bridgehead atoms. The molecule has 0 N–H and O–H groups in total. The lowest BCUT2D eigenvalue weighted by Crippen LogP contribution is -2.48. The molecule has 0 saturated carbocycles. The number of carbonyl (C=O) groups is 1. The van der Waals surface area contributed by atoms with Gasteiger partial charge in [0, 0.05) is 59.6 Å². The smallest absolute Gasteiger partial charge is 0.269 e. The quantitative estimate of drug-likeness (QED) is 0.599. The maximum absolute atomic E-state index is 12.6. The first kappa shape index (κ1) is 17.5. The molecule has 130 valence electrons. The first-order chi connectivity index (χ1) is 11.9. The lowest BCUT2D eigenvalue weighted by Gasteiger charge is -2.36. The Morgan fingerprint density at radius 2 is 1.52 bits per heavy atom. The Labute approximate surface area is 154 Å². The van der Waals surface area contributed by atoms with Gasteiger partial charge in [0.15, 0.2) is 0 Å². The van der Waals surface area contributed by atoms with Crippen LogP contribution in [0.4, 0.5) is 11.4 Å². The van der Waals surface area contributed by atoms with Crippen LogP contribution in [0.15, 0.2) is 42.5 Å². The van der Waals surface area contributed by atoms with E-state index in [4.69, 9.17) is 23.2 Å². The molecule has 0 aromatic heterocycles. The molecule has 1 aliphatic heterocycles. The van der Waals surface area contributed by atoms with Crippen molar-refractivity contribution in [1.29, 1.82) is 0 Å². The van der Waals surface area contributed by atoms with Gasteiger partial charge in [-0.2, -0.15) is 0 Å². The highest BCUT2D eigenvalue weighted by Gasteiger charge is 2.23. The molecule has 1 saturated heterocycles. The number of nitro benzene ring substituents is 1. The van der Waals surface area contributed by atoms with E-state index in [0.717, 1.165) is 5.69 Å². The molecule has 6 nitrogen and oxygen atoms in total. The summed E-state index contributed by atoms with van der Waals surface area (Å²) >= 11 is 11.9. The Bertz CT molecular complexity index is 783. The van der Waals surface area contributed by atoms with Crippen LogP contribution in [0.2, 0.25) is 10.0 Å². The number of nitrogens with zero attached hydrogens (tertiary/aromatic N) is 3. The van der Waals surface area contributed by atoms with Gasteiger partial charge in [-0.05, 0) is 30.3 Å². The zero-order valence-corrected chi connectivity index (χ0v) is 14.7. The van der Waals surface area contributed by atoms with Gasteiger partial charge in [0.1, 0.15) is 0 Å². The Morgan fingerprint density at radius 3 is 2.04 bits per heavy atom. The van der Waals surface area contributed by atoms with Crippen molar-refractivity contribution < 1.29 is 9.72 Å². The second-order valence-corrected chi connectivity index (χ2v) is 6.58. The van der Waals surface area contributed by atoms with E-state index in [-0.39, 0.29) is 11.6 Å². The molecule has 1 amide bonds. The zero-order valence-electron chi connectivity index (χ0n) is 13.2. The Morgan fingerprint density at radius 1 is 0.960 bits per heavy atom. The number of non-ortho nitro benzene ring substituents is 1. The topological polar surface area (TPSA) is 66.7 Å². The third kappa shape index (κ3) is 4.03. The van der Waals surface area contributed by atoms with E-state index in [1.54, 1.807) is 35.2 Å². The van der Waals surface area contributed by atoms with Crippen molar-refractivity contribution in [2.75, 3.05) is 31.1 Å². The molecule has 0 unspecified atom stereocenters. The number of piperazine rings is 1. The number of nitro groups is 1. The van der Waals surface area contributed by atoms with E-state index < -0.39 is 4.92 Å². The summed E-state index contributed by atoms with van der Waals surface area (Å²) in [5.74, 6) is -0.104. The number of hydrogen-bond donors (Lipinski definition) is 0. The van der Waals surface area contributed by atoms with E-state index in [9.17, 15) is 14.9 Å². The highest BCUT2D eigenvalue weighted by Crippen LogP contribution is 2.23. The molecule has 8 heteroatoms. The third-order valence-corrected chi connectivity index (χ3v) is 4.54. The average molecular weight is 380 g/mol. The zero-order chi connectivity index (χ0) is 18.0. The maximum atomic E-state index is 12.6. The van der Waals surface area contributed by atoms with E-state index in [2.05, 4.69) is 4.90 Å². The molecule has 1 aliphatic rings. The molecule has 2 aromatic rings. The number of rotatable bonds is 3. The fraction of sp³-hybridized carbons (Fsp3) is 0.235. The first-order valence-electron chi connectivity index (χ1n) is 7.69. The molecule has 0 radical (unpaired) electrons. The summed E-state index contributed by atoms with van der Waals surface area (Å²) in [5, 5.41) is 11.6. The summed E-state index contributed by atoms with van der Waals surface area (Å²) in [4.78, 5) is 26.7. The van der Waals surface area contributed by atoms with Crippen molar-refractivity contribution in [3.05, 3.63) is 68.2 Å². The van der Waals surface area contributed by atoms with Crippen LogP contribution < -0.4 is 4.90 Å². The summed E-state index contributed by atoms with van der Waals surface area (Å²) in [6, 6.07) is 11.2. The first-order valence-corrected chi connectivity index (χ1v) is 8.44. The minimum atomic E-state index is -0.420. The van der Waals surface area contributed by atoms with Crippen LogP contribution in [0, 0.1) is 10.1 Å². The fourth-order valence-electron chi connectivity index (χ4n) is 2.81. The Hall–Kier alpha value is -2.31. The molecule has 0 spiro atoms. The molecule has 0 aliphatic carbocycles. The van der Waals surface area contributed by atoms with Gasteiger partial charge in [0.2, 0.25) is 0 Å². The van der Waals surface area contributed by atoms with Crippen LogP contribution in [0.1, 0.15) is 10.4 Å². The van der Waals surface area contributed by atoms with Crippen LogP contribution in [0.3, 0.4) is 0 Å². The molecular formula is C17H15Cl2N3O3. The molecule has 25 heavy (non-hydrogen) atoms. The fourth-order valence-corrected chi connectivity index (χ4v) is 3.34. The number of amides is 1. The van der Waals surface area contributed by atoms with E-state index >= 15 is 0 Å². The van der Waals surface area contributed by atoms with Crippen molar-refractivity contribution >= 4 is 40.5 Å². The van der Waals surface area contributed by atoms with Crippen LogP contribution in [-0.2, 0) is 0 Å². The standard InChI is InChI=1S/C17H15Cl2N3O3/c18-13-9-12(10-14(19)11-13)17(23)21-7-5-20(6-8-21)15-1-3-16(4-2-15)22(24)25/h1-4,9-11H,5-8H2. The van der Waals surface area contributed by atoms with E-state index in [1.807, 2.05) is 0 Å².